The van der Waals surface area contributed by atoms with Crippen molar-refractivity contribution in [3.8, 4) is 5.75 Å². The quantitative estimate of drug-likeness (QED) is 0.314. The van der Waals surface area contributed by atoms with Crippen LogP contribution in [0.25, 0.3) is 16.8 Å². The fourth-order valence-corrected chi connectivity index (χ4v) is 5.90. The van der Waals surface area contributed by atoms with E-state index in [1.807, 2.05) is 50.3 Å². The number of phenols is 1. The molecule has 192 valence electrons. The van der Waals surface area contributed by atoms with Crippen molar-refractivity contribution in [1.29, 1.82) is 0 Å². The van der Waals surface area contributed by atoms with E-state index in [0.29, 0.717) is 37.0 Å². The number of aliphatic hydroxyl groups excluding tert-OH is 3. The number of hydrogen-bond donors (Lipinski definition) is 4. The van der Waals surface area contributed by atoms with Gasteiger partial charge in [-0.15, -0.1) is 0 Å². The minimum atomic E-state index is -0.951. The zero-order chi connectivity index (χ0) is 26.0. The van der Waals surface area contributed by atoms with Crippen molar-refractivity contribution in [2.24, 2.45) is 17.8 Å². The third-order valence-electron chi connectivity index (χ3n) is 7.62. The second-order valence-electron chi connectivity index (χ2n) is 9.94. The Morgan fingerprint density at radius 3 is 2.50 bits per heavy atom. The molecule has 2 aromatic rings. The molecule has 1 aliphatic heterocycles. The van der Waals surface area contributed by atoms with Crippen LogP contribution in [0, 0.1) is 17.8 Å². The molecule has 0 radical (unpaired) electrons. The number of phenolic OH excluding ortho intramolecular Hbond substituents is 1. The van der Waals surface area contributed by atoms with Gasteiger partial charge in [0.1, 0.15) is 5.75 Å². The molecule has 0 unspecified atom stereocenters. The first-order valence-corrected chi connectivity index (χ1v) is 12.7. The summed E-state index contributed by atoms with van der Waals surface area (Å²) in [5, 5.41) is 43.4. The Kier molecular flexibility index (Phi) is 7.93. The molecule has 0 bridgehead atoms. The molecule has 2 amide bonds. The van der Waals surface area contributed by atoms with Crippen LogP contribution in [-0.2, 0) is 9.59 Å². The number of carbonyl (C=O) groups is 2. The molecular formula is C29H35NO6. The minimum Gasteiger partial charge on any atom is -0.507 e. The van der Waals surface area contributed by atoms with Crippen LogP contribution in [-0.4, -0.2) is 63.0 Å². The van der Waals surface area contributed by atoms with Crippen LogP contribution in [0.15, 0.2) is 53.1 Å². The predicted molar refractivity (Wildman–Crippen MR) is 138 cm³/mol. The summed E-state index contributed by atoms with van der Waals surface area (Å²) in [5.41, 5.74) is 3.04. The van der Waals surface area contributed by atoms with Crippen LogP contribution in [0.5, 0.6) is 5.75 Å². The Morgan fingerprint density at radius 1 is 1.11 bits per heavy atom. The Balaban J connectivity index is 1.55. The number of fused-ring (bicyclic) bond motifs is 2. The first-order chi connectivity index (χ1) is 17.3. The van der Waals surface area contributed by atoms with Crippen molar-refractivity contribution in [2.45, 2.75) is 45.6 Å². The van der Waals surface area contributed by atoms with E-state index in [-0.39, 0.29) is 37.2 Å². The largest absolute Gasteiger partial charge is 0.507 e. The van der Waals surface area contributed by atoms with E-state index < -0.39 is 23.9 Å². The first-order valence-electron chi connectivity index (χ1n) is 12.7. The van der Waals surface area contributed by atoms with Crippen LogP contribution < -0.4 is 0 Å². The molecule has 0 aromatic heterocycles. The molecule has 4 rings (SSSR count). The van der Waals surface area contributed by atoms with Gasteiger partial charge in [-0.05, 0) is 60.8 Å². The van der Waals surface area contributed by atoms with Gasteiger partial charge >= 0.3 is 0 Å². The lowest BCUT2D eigenvalue weighted by Gasteiger charge is -2.36. The average Bonchev–Trinajstić information content (AvgIpc) is 3.12. The lowest BCUT2D eigenvalue weighted by atomic mass is 9.68. The number of imide groups is 1. The molecule has 7 heteroatoms. The van der Waals surface area contributed by atoms with E-state index in [1.54, 1.807) is 6.07 Å². The molecule has 1 heterocycles. The van der Waals surface area contributed by atoms with E-state index in [1.165, 1.54) is 4.90 Å². The van der Waals surface area contributed by atoms with Gasteiger partial charge in [0.25, 0.3) is 0 Å². The maximum Gasteiger partial charge on any atom is 0.233 e. The average molecular weight is 494 g/mol. The van der Waals surface area contributed by atoms with Crippen LogP contribution in [0.3, 0.4) is 0 Å². The van der Waals surface area contributed by atoms with Crippen LogP contribution in [0.2, 0.25) is 0 Å². The Bertz CT molecular complexity index is 1220. The lowest BCUT2D eigenvalue weighted by Crippen LogP contribution is -2.39. The highest BCUT2D eigenvalue weighted by molar-refractivity contribution is 6.06. The van der Waals surface area contributed by atoms with Crippen LogP contribution in [0.1, 0.15) is 45.1 Å². The number of allylic oxidation sites excluding steroid dienone is 1. The number of amides is 2. The number of benzene rings is 2. The summed E-state index contributed by atoms with van der Waals surface area (Å²) >= 11 is 0. The maximum absolute atomic E-state index is 13.1. The van der Waals surface area contributed by atoms with E-state index in [0.717, 1.165) is 21.9 Å². The molecule has 0 spiro atoms. The molecule has 0 saturated carbocycles. The molecule has 36 heavy (non-hydrogen) atoms. The standard InChI is InChI=1S/C29H35NO6/c1-3-12-30-28(35)22-14-19(15-31)26(23(16-32)27(22)29(30)36)25(34)10-8-17(2)13-18-9-11-24(33)21-7-5-4-6-20(18)21/h4-7,9,11,13,22-23,25,27,31-34H,3,8,10,12,14-16H2,1-2H3/b17-13+/t22-,23+,25-,27-/m1/s1. The third kappa shape index (κ3) is 4.71. The minimum absolute atomic E-state index is 0.224. The number of aliphatic hydroxyl groups is 3. The maximum atomic E-state index is 13.1. The van der Waals surface area contributed by atoms with Gasteiger partial charge < -0.3 is 20.4 Å². The van der Waals surface area contributed by atoms with E-state index in [9.17, 15) is 30.0 Å². The summed E-state index contributed by atoms with van der Waals surface area (Å²) < 4.78 is 0. The fourth-order valence-electron chi connectivity index (χ4n) is 5.90. The van der Waals surface area contributed by atoms with E-state index in [4.69, 9.17) is 0 Å². The zero-order valence-corrected chi connectivity index (χ0v) is 20.9. The highest BCUT2D eigenvalue weighted by Crippen LogP contribution is 2.46. The van der Waals surface area contributed by atoms with Gasteiger partial charge in [0, 0.05) is 17.8 Å². The summed E-state index contributed by atoms with van der Waals surface area (Å²) in [6, 6.07) is 11.1. The van der Waals surface area contributed by atoms with Crippen molar-refractivity contribution >= 4 is 28.7 Å². The van der Waals surface area contributed by atoms with E-state index in [2.05, 4.69) is 0 Å². The van der Waals surface area contributed by atoms with Crippen LogP contribution >= 0.6 is 0 Å². The normalized spacial score (nSPS) is 23.5. The number of nitrogens with zero attached hydrogens (tertiary/aromatic N) is 1. The molecule has 1 saturated heterocycles. The van der Waals surface area contributed by atoms with Crippen molar-refractivity contribution in [2.75, 3.05) is 19.8 Å². The monoisotopic (exact) mass is 493 g/mol. The number of hydrogen-bond acceptors (Lipinski definition) is 6. The van der Waals surface area contributed by atoms with Gasteiger partial charge in [-0.1, -0.05) is 48.9 Å². The second kappa shape index (κ2) is 10.9. The smallest absolute Gasteiger partial charge is 0.233 e. The van der Waals surface area contributed by atoms with Gasteiger partial charge in [0.15, 0.2) is 0 Å². The van der Waals surface area contributed by atoms with Gasteiger partial charge in [0.2, 0.25) is 11.8 Å². The highest BCUT2D eigenvalue weighted by Gasteiger charge is 2.54. The third-order valence-corrected chi connectivity index (χ3v) is 7.62. The molecule has 4 atom stereocenters. The molecule has 7 nitrogen and oxygen atoms in total. The molecule has 4 N–H and O–H groups in total. The topological polar surface area (TPSA) is 118 Å². The summed E-state index contributed by atoms with van der Waals surface area (Å²) in [6.07, 6.45) is 2.86. The summed E-state index contributed by atoms with van der Waals surface area (Å²) in [4.78, 5) is 27.2. The predicted octanol–water partition coefficient (Wildman–Crippen LogP) is 3.40. The van der Waals surface area contributed by atoms with Gasteiger partial charge in [0.05, 0.1) is 31.2 Å². The number of rotatable bonds is 9. The number of carbonyl (C=O) groups excluding carboxylic acids is 2. The fraction of sp³-hybridized carbons (Fsp3) is 0.448. The Labute approximate surface area is 211 Å². The van der Waals surface area contributed by atoms with Gasteiger partial charge in [-0.3, -0.25) is 14.5 Å². The van der Waals surface area contributed by atoms with Crippen molar-refractivity contribution in [3.05, 3.63) is 58.7 Å². The summed E-state index contributed by atoms with van der Waals surface area (Å²) in [7, 11) is 0. The van der Waals surface area contributed by atoms with Crippen molar-refractivity contribution in [1.82, 2.24) is 4.90 Å². The zero-order valence-electron chi connectivity index (χ0n) is 20.9. The molecule has 1 aliphatic carbocycles. The SMILES string of the molecule is CCCN1C(=O)[C@@H]2[C@@H](CC(CO)=C([C@H](O)CC/C(C)=C/c3ccc(O)c4ccccc34)[C@@H]2CO)C1=O. The summed E-state index contributed by atoms with van der Waals surface area (Å²) in [6.45, 7) is 3.51. The molecular weight excluding hydrogens is 458 g/mol. The van der Waals surface area contributed by atoms with Crippen molar-refractivity contribution in [3.63, 3.8) is 0 Å². The lowest BCUT2D eigenvalue weighted by molar-refractivity contribution is -0.140. The van der Waals surface area contributed by atoms with E-state index >= 15 is 0 Å². The highest BCUT2D eigenvalue weighted by atomic mass is 16.3. The number of likely N-dealkylation sites (tertiary alicyclic amines) is 1. The van der Waals surface area contributed by atoms with Gasteiger partial charge in [-0.2, -0.15) is 0 Å². The Morgan fingerprint density at radius 2 is 1.83 bits per heavy atom. The molecule has 2 aliphatic rings. The first kappa shape index (κ1) is 26.1. The second-order valence-corrected chi connectivity index (χ2v) is 9.94. The Hall–Kier alpha value is -3.00. The molecule has 2 aromatic carbocycles. The molecule has 1 fully saturated rings. The van der Waals surface area contributed by atoms with Crippen LogP contribution in [0.4, 0.5) is 0 Å². The number of aromatic hydroxyl groups is 1. The summed E-state index contributed by atoms with van der Waals surface area (Å²) in [5.74, 6) is -2.29. The van der Waals surface area contributed by atoms with Crippen molar-refractivity contribution < 1.29 is 30.0 Å². The van der Waals surface area contributed by atoms with Gasteiger partial charge in [-0.25, -0.2) is 0 Å².